The highest BCUT2D eigenvalue weighted by Crippen LogP contribution is 2.27. The summed E-state index contributed by atoms with van der Waals surface area (Å²) in [6.07, 6.45) is 2.80. The fourth-order valence-corrected chi connectivity index (χ4v) is 2.71. The Balaban J connectivity index is 2.24. The molecular formula is C18H26N2O3. The van der Waals surface area contributed by atoms with Gasteiger partial charge in [0.1, 0.15) is 5.75 Å². The smallest absolute Gasteiger partial charge is 0.409 e. The Hall–Kier alpha value is -1.88. The third-order valence-corrected chi connectivity index (χ3v) is 4.45. The molecule has 23 heavy (non-hydrogen) atoms. The van der Waals surface area contributed by atoms with Gasteiger partial charge in [0.2, 0.25) is 0 Å². The number of carbonyl (C=O) groups is 2. The maximum atomic E-state index is 12.3. The maximum Gasteiger partial charge on any atom is 0.415 e. The molecule has 1 aliphatic rings. The SMILES string of the molecule is CC(=O)c1ccc(C(C)N(C)C)cc1OC(=O)N1CCCCC1. The molecule has 1 saturated heterocycles. The van der Waals surface area contributed by atoms with Gasteiger partial charge in [-0.05, 0) is 64.9 Å². The van der Waals surface area contributed by atoms with E-state index in [9.17, 15) is 9.59 Å². The average Bonchev–Trinajstić information content (AvgIpc) is 2.54. The van der Waals surface area contributed by atoms with E-state index in [0.717, 1.165) is 37.9 Å². The van der Waals surface area contributed by atoms with Crippen LogP contribution < -0.4 is 4.74 Å². The number of carbonyl (C=O) groups excluding carboxylic acids is 2. The number of nitrogens with zero attached hydrogens (tertiary/aromatic N) is 2. The summed E-state index contributed by atoms with van der Waals surface area (Å²) in [6.45, 7) is 5.01. The molecule has 0 spiro atoms. The summed E-state index contributed by atoms with van der Waals surface area (Å²) in [4.78, 5) is 27.9. The van der Waals surface area contributed by atoms with Crippen molar-refractivity contribution in [3.8, 4) is 5.75 Å². The second kappa shape index (κ2) is 7.59. The van der Waals surface area contributed by atoms with E-state index < -0.39 is 0 Å². The summed E-state index contributed by atoms with van der Waals surface area (Å²) in [5.74, 6) is 0.259. The molecule has 0 radical (unpaired) electrons. The molecule has 1 aromatic carbocycles. The van der Waals surface area contributed by atoms with Gasteiger partial charge in [-0.15, -0.1) is 0 Å². The van der Waals surface area contributed by atoms with Gasteiger partial charge in [-0.2, -0.15) is 0 Å². The van der Waals surface area contributed by atoms with Crippen molar-refractivity contribution in [3.05, 3.63) is 29.3 Å². The lowest BCUT2D eigenvalue weighted by molar-refractivity contribution is 0.101. The third kappa shape index (κ3) is 4.32. The Morgan fingerprint density at radius 2 is 1.83 bits per heavy atom. The van der Waals surface area contributed by atoms with Crippen LogP contribution in [0.3, 0.4) is 0 Å². The second-order valence-electron chi connectivity index (χ2n) is 6.37. The van der Waals surface area contributed by atoms with Gasteiger partial charge in [0.15, 0.2) is 5.78 Å². The Morgan fingerprint density at radius 3 is 2.39 bits per heavy atom. The number of benzene rings is 1. The second-order valence-corrected chi connectivity index (χ2v) is 6.37. The van der Waals surface area contributed by atoms with E-state index in [4.69, 9.17) is 4.74 Å². The van der Waals surface area contributed by atoms with Gasteiger partial charge in [0, 0.05) is 19.1 Å². The first-order chi connectivity index (χ1) is 10.9. The van der Waals surface area contributed by atoms with Crippen molar-refractivity contribution in [2.24, 2.45) is 0 Å². The molecule has 1 heterocycles. The number of hydrogen-bond acceptors (Lipinski definition) is 4. The van der Waals surface area contributed by atoms with Gasteiger partial charge in [0.05, 0.1) is 5.56 Å². The molecule has 1 atom stereocenters. The number of Topliss-reactive ketones (excluding diaryl/α,β-unsaturated/α-hetero) is 1. The highest BCUT2D eigenvalue weighted by atomic mass is 16.6. The largest absolute Gasteiger partial charge is 0.415 e. The number of ketones is 1. The van der Waals surface area contributed by atoms with Crippen molar-refractivity contribution in [3.63, 3.8) is 0 Å². The summed E-state index contributed by atoms with van der Waals surface area (Å²) in [5, 5.41) is 0. The molecule has 1 aromatic rings. The minimum Gasteiger partial charge on any atom is -0.409 e. The van der Waals surface area contributed by atoms with Gasteiger partial charge < -0.3 is 14.5 Å². The van der Waals surface area contributed by atoms with Crippen LogP contribution in [0.15, 0.2) is 18.2 Å². The average molecular weight is 318 g/mol. The molecule has 1 aliphatic heterocycles. The number of amides is 1. The van der Waals surface area contributed by atoms with Crippen LogP contribution in [0.1, 0.15) is 55.1 Å². The van der Waals surface area contributed by atoms with Crippen LogP contribution >= 0.6 is 0 Å². The van der Waals surface area contributed by atoms with Crippen LogP contribution in [0.4, 0.5) is 4.79 Å². The van der Waals surface area contributed by atoms with Crippen molar-refractivity contribution in [2.45, 2.75) is 39.2 Å². The predicted molar refractivity (Wildman–Crippen MR) is 90.0 cm³/mol. The summed E-state index contributed by atoms with van der Waals surface area (Å²) in [7, 11) is 3.98. The first-order valence-electron chi connectivity index (χ1n) is 8.18. The topological polar surface area (TPSA) is 49.9 Å². The Kier molecular flexibility index (Phi) is 5.77. The van der Waals surface area contributed by atoms with E-state index >= 15 is 0 Å². The fourth-order valence-electron chi connectivity index (χ4n) is 2.71. The summed E-state index contributed by atoms with van der Waals surface area (Å²) in [5.41, 5.74) is 1.46. The van der Waals surface area contributed by atoms with Gasteiger partial charge in [-0.3, -0.25) is 4.79 Å². The highest BCUT2D eigenvalue weighted by Gasteiger charge is 2.21. The molecule has 0 bridgehead atoms. The van der Waals surface area contributed by atoms with Gasteiger partial charge >= 0.3 is 6.09 Å². The predicted octanol–water partition coefficient (Wildman–Crippen LogP) is 3.50. The number of likely N-dealkylation sites (tertiary alicyclic amines) is 1. The molecule has 1 fully saturated rings. The zero-order chi connectivity index (χ0) is 17.0. The van der Waals surface area contributed by atoms with E-state index in [1.807, 2.05) is 26.2 Å². The molecule has 126 valence electrons. The van der Waals surface area contributed by atoms with Crippen molar-refractivity contribution in [2.75, 3.05) is 27.2 Å². The standard InChI is InChI=1S/C18H26N2O3/c1-13(19(3)4)15-8-9-16(14(2)21)17(12-15)23-18(22)20-10-6-5-7-11-20/h8-9,12-13H,5-7,10-11H2,1-4H3. The Morgan fingerprint density at radius 1 is 1.17 bits per heavy atom. The van der Waals surface area contributed by atoms with Gasteiger partial charge in [0.25, 0.3) is 0 Å². The lowest BCUT2D eigenvalue weighted by Crippen LogP contribution is -2.37. The third-order valence-electron chi connectivity index (χ3n) is 4.45. The van der Waals surface area contributed by atoms with E-state index in [1.54, 1.807) is 11.0 Å². The molecule has 0 saturated carbocycles. The minimum absolute atomic E-state index is 0.101. The van der Waals surface area contributed by atoms with Crippen LogP contribution in [0.5, 0.6) is 5.75 Å². The van der Waals surface area contributed by atoms with E-state index in [0.29, 0.717) is 11.3 Å². The number of ether oxygens (including phenoxy) is 1. The van der Waals surface area contributed by atoms with E-state index in [-0.39, 0.29) is 17.9 Å². The quantitative estimate of drug-likeness (QED) is 0.797. The Bertz CT molecular complexity index is 578. The van der Waals surface area contributed by atoms with Gasteiger partial charge in [-0.1, -0.05) is 6.07 Å². The summed E-state index contributed by atoms with van der Waals surface area (Å²) < 4.78 is 5.56. The minimum atomic E-state index is -0.359. The first-order valence-corrected chi connectivity index (χ1v) is 8.18. The molecule has 5 heteroatoms. The molecule has 0 N–H and O–H groups in total. The lowest BCUT2D eigenvalue weighted by atomic mass is 10.0. The molecule has 2 rings (SSSR count). The van der Waals surface area contributed by atoms with Crippen molar-refractivity contribution in [1.29, 1.82) is 0 Å². The first kappa shape index (κ1) is 17.5. The van der Waals surface area contributed by atoms with Crippen LogP contribution in [0, 0.1) is 0 Å². The monoisotopic (exact) mass is 318 g/mol. The molecule has 0 aliphatic carbocycles. The normalized spacial score (nSPS) is 16.3. The number of piperidine rings is 1. The fraction of sp³-hybridized carbons (Fsp3) is 0.556. The van der Waals surface area contributed by atoms with E-state index in [2.05, 4.69) is 11.8 Å². The molecule has 1 amide bonds. The maximum absolute atomic E-state index is 12.3. The molecular weight excluding hydrogens is 292 g/mol. The van der Waals surface area contributed by atoms with Crippen LogP contribution in [0.2, 0.25) is 0 Å². The zero-order valence-electron chi connectivity index (χ0n) is 14.5. The lowest BCUT2D eigenvalue weighted by Gasteiger charge is -2.26. The van der Waals surface area contributed by atoms with Crippen LogP contribution in [0.25, 0.3) is 0 Å². The summed E-state index contributed by atoms with van der Waals surface area (Å²) in [6, 6.07) is 5.64. The highest BCUT2D eigenvalue weighted by molar-refractivity contribution is 5.97. The molecule has 5 nitrogen and oxygen atoms in total. The number of hydrogen-bond donors (Lipinski definition) is 0. The van der Waals surface area contributed by atoms with Gasteiger partial charge in [-0.25, -0.2) is 4.79 Å². The van der Waals surface area contributed by atoms with Crippen LogP contribution in [-0.2, 0) is 0 Å². The molecule has 0 aromatic heterocycles. The zero-order valence-corrected chi connectivity index (χ0v) is 14.5. The number of rotatable bonds is 4. The van der Waals surface area contributed by atoms with Crippen molar-refractivity contribution >= 4 is 11.9 Å². The van der Waals surface area contributed by atoms with Crippen molar-refractivity contribution in [1.82, 2.24) is 9.80 Å². The van der Waals surface area contributed by atoms with Crippen LogP contribution in [-0.4, -0.2) is 48.9 Å². The van der Waals surface area contributed by atoms with E-state index in [1.165, 1.54) is 6.92 Å². The van der Waals surface area contributed by atoms with Crippen molar-refractivity contribution < 1.29 is 14.3 Å². The molecule has 1 unspecified atom stereocenters. The Labute approximate surface area is 138 Å². The summed E-state index contributed by atoms with van der Waals surface area (Å²) >= 11 is 0.